The summed E-state index contributed by atoms with van der Waals surface area (Å²) in [5.41, 5.74) is 3.52. The van der Waals surface area contributed by atoms with Gasteiger partial charge in [0, 0.05) is 25.3 Å². The van der Waals surface area contributed by atoms with E-state index < -0.39 is 0 Å². The standard InChI is InChI=1S/C23H23N7O3/c31-21-14-27(22(32)26-21)10-3-11-28-17-5-2-1-4-16(17)25-20(28)13-29-19-12-24-9-8-18(19)30(23(29)33)15-6-7-15/h1-2,4-5,8-9,12,15H,3,6-7,10-11,13-14H2,(H,26,31,32). The summed E-state index contributed by atoms with van der Waals surface area (Å²) in [6.07, 6.45) is 6.16. The topological polar surface area (TPSA) is 107 Å². The highest BCUT2D eigenvalue weighted by Crippen LogP contribution is 2.36. The zero-order chi connectivity index (χ0) is 22.5. The van der Waals surface area contributed by atoms with Gasteiger partial charge >= 0.3 is 11.7 Å². The summed E-state index contributed by atoms with van der Waals surface area (Å²) in [7, 11) is 0. The molecule has 1 saturated heterocycles. The van der Waals surface area contributed by atoms with E-state index in [0.29, 0.717) is 26.1 Å². The fourth-order valence-corrected chi connectivity index (χ4v) is 4.69. The molecule has 0 unspecified atom stereocenters. The van der Waals surface area contributed by atoms with Crippen LogP contribution in [0.25, 0.3) is 22.1 Å². The third kappa shape index (κ3) is 3.38. The molecule has 1 aromatic carbocycles. The molecule has 0 atom stereocenters. The van der Waals surface area contributed by atoms with Gasteiger partial charge in [0.15, 0.2) is 0 Å². The number of nitrogens with one attached hydrogen (secondary N) is 1. The van der Waals surface area contributed by atoms with E-state index in [0.717, 1.165) is 40.7 Å². The van der Waals surface area contributed by atoms with Crippen molar-refractivity contribution in [1.82, 2.24) is 33.9 Å². The van der Waals surface area contributed by atoms with E-state index in [1.165, 1.54) is 4.90 Å². The van der Waals surface area contributed by atoms with Crippen molar-refractivity contribution in [2.75, 3.05) is 13.1 Å². The Kier molecular flexibility index (Phi) is 4.53. The Morgan fingerprint density at radius 2 is 1.82 bits per heavy atom. The lowest BCUT2D eigenvalue weighted by Crippen LogP contribution is -2.30. The molecule has 1 aliphatic heterocycles. The molecule has 0 bridgehead atoms. The number of amides is 3. The fraction of sp³-hybridized carbons (Fsp3) is 0.348. The van der Waals surface area contributed by atoms with Crippen molar-refractivity contribution in [1.29, 1.82) is 0 Å². The van der Waals surface area contributed by atoms with Crippen LogP contribution < -0.4 is 11.0 Å². The van der Waals surface area contributed by atoms with Crippen LogP contribution >= 0.6 is 0 Å². The minimum Gasteiger partial charge on any atom is -0.326 e. The molecule has 1 N–H and O–H groups in total. The molecule has 168 valence electrons. The zero-order valence-corrected chi connectivity index (χ0v) is 18.0. The lowest BCUT2D eigenvalue weighted by molar-refractivity contribution is -0.118. The molecule has 10 nitrogen and oxygen atoms in total. The van der Waals surface area contributed by atoms with Crippen molar-refractivity contribution in [3.05, 3.63) is 59.0 Å². The molecule has 4 heterocycles. The number of carbonyl (C=O) groups excluding carboxylic acids is 2. The summed E-state index contributed by atoms with van der Waals surface area (Å²) in [4.78, 5) is 47.2. The first-order valence-corrected chi connectivity index (χ1v) is 11.2. The maximum absolute atomic E-state index is 13.3. The second-order valence-electron chi connectivity index (χ2n) is 8.63. The van der Waals surface area contributed by atoms with E-state index in [4.69, 9.17) is 4.98 Å². The molecular formula is C23H23N7O3. The molecule has 4 aromatic rings. The Labute approximate surface area is 188 Å². The number of fused-ring (bicyclic) bond motifs is 2. The van der Waals surface area contributed by atoms with Crippen LogP contribution in [0.3, 0.4) is 0 Å². The van der Waals surface area contributed by atoms with E-state index >= 15 is 0 Å². The molecule has 6 rings (SSSR count). The summed E-state index contributed by atoms with van der Waals surface area (Å²) in [6.45, 7) is 1.51. The Morgan fingerprint density at radius 1 is 0.970 bits per heavy atom. The number of carbonyl (C=O) groups is 2. The number of hydrogen-bond donors (Lipinski definition) is 1. The molecule has 2 fully saturated rings. The van der Waals surface area contributed by atoms with Crippen molar-refractivity contribution < 1.29 is 9.59 Å². The smallest absolute Gasteiger partial charge is 0.326 e. The number of rotatable bonds is 7. The van der Waals surface area contributed by atoms with Crippen LogP contribution in [0.15, 0.2) is 47.5 Å². The second kappa shape index (κ2) is 7.58. The summed E-state index contributed by atoms with van der Waals surface area (Å²) in [5, 5.41) is 2.31. The van der Waals surface area contributed by atoms with Gasteiger partial charge in [-0.05, 0) is 37.5 Å². The Bertz CT molecular complexity index is 1460. The van der Waals surface area contributed by atoms with E-state index in [-0.39, 0.29) is 30.2 Å². The van der Waals surface area contributed by atoms with Gasteiger partial charge in [0.2, 0.25) is 5.91 Å². The number of aryl methyl sites for hydroxylation is 1. The number of hydrogen-bond acceptors (Lipinski definition) is 5. The highest BCUT2D eigenvalue weighted by atomic mass is 16.2. The minimum absolute atomic E-state index is 0.0358. The lowest BCUT2D eigenvalue weighted by Gasteiger charge is -2.14. The number of benzene rings is 1. The quantitative estimate of drug-likeness (QED) is 0.437. The van der Waals surface area contributed by atoms with Gasteiger partial charge in [-0.1, -0.05) is 12.1 Å². The maximum Gasteiger partial charge on any atom is 0.329 e. The van der Waals surface area contributed by atoms with Crippen LogP contribution in [0.5, 0.6) is 0 Å². The average molecular weight is 445 g/mol. The van der Waals surface area contributed by atoms with Crippen LogP contribution in [0.4, 0.5) is 4.79 Å². The van der Waals surface area contributed by atoms with Crippen molar-refractivity contribution in [3.8, 4) is 0 Å². The third-order valence-corrected chi connectivity index (χ3v) is 6.39. The molecule has 1 aliphatic carbocycles. The van der Waals surface area contributed by atoms with Crippen LogP contribution in [-0.2, 0) is 17.9 Å². The number of urea groups is 1. The summed E-state index contributed by atoms with van der Waals surface area (Å²) in [6, 6.07) is 9.69. The van der Waals surface area contributed by atoms with Gasteiger partial charge in [0.1, 0.15) is 12.4 Å². The van der Waals surface area contributed by atoms with Crippen LogP contribution in [-0.4, -0.2) is 53.6 Å². The predicted molar refractivity (Wildman–Crippen MR) is 121 cm³/mol. The number of imidazole rings is 2. The highest BCUT2D eigenvalue weighted by Gasteiger charge is 2.29. The molecule has 1 saturated carbocycles. The summed E-state index contributed by atoms with van der Waals surface area (Å²) >= 11 is 0. The lowest BCUT2D eigenvalue weighted by atomic mass is 10.3. The van der Waals surface area contributed by atoms with Gasteiger partial charge in [0.25, 0.3) is 0 Å². The van der Waals surface area contributed by atoms with Crippen LogP contribution in [0, 0.1) is 0 Å². The third-order valence-electron chi connectivity index (χ3n) is 6.39. The molecule has 0 spiro atoms. The van der Waals surface area contributed by atoms with E-state index in [9.17, 15) is 14.4 Å². The van der Waals surface area contributed by atoms with Gasteiger partial charge in [-0.3, -0.25) is 24.2 Å². The second-order valence-corrected chi connectivity index (χ2v) is 8.63. The largest absolute Gasteiger partial charge is 0.329 e. The van der Waals surface area contributed by atoms with Gasteiger partial charge in [0.05, 0.1) is 34.8 Å². The van der Waals surface area contributed by atoms with Gasteiger partial charge in [-0.25, -0.2) is 14.6 Å². The molecular weight excluding hydrogens is 422 g/mol. The number of nitrogens with zero attached hydrogens (tertiary/aromatic N) is 6. The average Bonchev–Trinajstić information content (AvgIpc) is 3.43. The highest BCUT2D eigenvalue weighted by molar-refractivity contribution is 6.01. The Balaban J connectivity index is 1.34. The van der Waals surface area contributed by atoms with Crippen molar-refractivity contribution in [2.24, 2.45) is 0 Å². The SMILES string of the molecule is O=C1CN(CCCn2c(Cn3c(=O)n(C4CC4)c4ccncc43)nc3ccccc32)C(=O)N1. The Morgan fingerprint density at radius 3 is 2.61 bits per heavy atom. The normalized spacial score (nSPS) is 16.3. The van der Waals surface area contributed by atoms with Crippen LogP contribution in [0.2, 0.25) is 0 Å². The van der Waals surface area contributed by atoms with E-state index in [2.05, 4.69) is 14.9 Å². The van der Waals surface area contributed by atoms with E-state index in [1.807, 2.05) is 34.9 Å². The summed E-state index contributed by atoms with van der Waals surface area (Å²) < 4.78 is 5.74. The number of imide groups is 1. The molecule has 10 heteroatoms. The Hall–Kier alpha value is -3.95. The zero-order valence-electron chi connectivity index (χ0n) is 18.0. The molecule has 2 aliphatic rings. The summed E-state index contributed by atoms with van der Waals surface area (Å²) in [5.74, 6) is 0.507. The predicted octanol–water partition coefficient (Wildman–Crippen LogP) is 1.87. The molecule has 33 heavy (non-hydrogen) atoms. The first-order valence-electron chi connectivity index (χ1n) is 11.2. The van der Waals surface area contributed by atoms with Crippen LogP contribution in [0.1, 0.15) is 31.1 Å². The molecule has 3 amide bonds. The molecule has 3 aromatic heterocycles. The van der Waals surface area contributed by atoms with Gasteiger partial charge < -0.3 is 9.47 Å². The number of para-hydroxylation sites is 2. The van der Waals surface area contributed by atoms with Crippen molar-refractivity contribution >= 4 is 34.0 Å². The first-order chi connectivity index (χ1) is 16.1. The van der Waals surface area contributed by atoms with E-state index in [1.54, 1.807) is 17.0 Å². The maximum atomic E-state index is 13.3. The van der Waals surface area contributed by atoms with Gasteiger partial charge in [-0.15, -0.1) is 0 Å². The van der Waals surface area contributed by atoms with Crippen molar-refractivity contribution in [2.45, 2.75) is 38.4 Å². The fourth-order valence-electron chi connectivity index (χ4n) is 4.69. The minimum atomic E-state index is -0.345. The monoisotopic (exact) mass is 445 g/mol. The number of aromatic nitrogens is 5. The number of pyridine rings is 1. The van der Waals surface area contributed by atoms with Crippen molar-refractivity contribution in [3.63, 3.8) is 0 Å². The molecule has 0 radical (unpaired) electrons. The van der Waals surface area contributed by atoms with Gasteiger partial charge in [-0.2, -0.15) is 0 Å². The first kappa shape index (κ1) is 19.7.